The molecule has 9 aromatic carbocycles. The Morgan fingerprint density at radius 2 is 0.786 bits per heavy atom. The second-order valence-corrected chi connectivity index (χ2v) is 14.3. The maximum atomic E-state index is 5.51. The Kier molecular flexibility index (Phi) is 7.49. The maximum Gasteiger partial charge on any atom is 0.160 e. The highest BCUT2D eigenvalue weighted by Gasteiger charge is 2.23. The smallest absolute Gasteiger partial charge is 0.160 e. The fourth-order valence-electron chi connectivity index (χ4n) is 8.47. The maximum absolute atomic E-state index is 5.51. The fraction of sp³-hybridized carbons (Fsp3) is 0. The van der Waals surface area contributed by atoms with Crippen LogP contribution >= 0.6 is 0 Å². The van der Waals surface area contributed by atoms with Crippen molar-refractivity contribution >= 4 is 54.0 Å². The van der Waals surface area contributed by atoms with E-state index < -0.39 is 0 Å². The summed E-state index contributed by atoms with van der Waals surface area (Å²) in [6.45, 7) is 0. The summed E-state index contributed by atoms with van der Waals surface area (Å²) in [4.78, 5) is 16.4. The molecule has 260 valence electrons. The number of aromatic nitrogens is 3. The molecular formula is C53H33N3. The number of nitrogens with zero attached hydrogens (tertiary/aromatic N) is 3. The molecule has 2 heterocycles. The summed E-state index contributed by atoms with van der Waals surface area (Å²) in [5, 5.41) is 10.5. The van der Waals surface area contributed by atoms with Gasteiger partial charge in [0.25, 0.3) is 0 Å². The summed E-state index contributed by atoms with van der Waals surface area (Å²) < 4.78 is 0. The lowest BCUT2D eigenvalue weighted by molar-refractivity contribution is 1.19. The molecule has 3 heteroatoms. The van der Waals surface area contributed by atoms with Crippen LogP contribution in [0.2, 0.25) is 0 Å². The van der Waals surface area contributed by atoms with Gasteiger partial charge < -0.3 is 0 Å². The lowest BCUT2D eigenvalue weighted by Gasteiger charge is -2.19. The fourth-order valence-corrected chi connectivity index (χ4v) is 8.47. The number of para-hydroxylation sites is 1. The Morgan fingerprint density at radius 1 is 0.286 bits per heavy atom. The van der Waals surface area contributed by atoms with Gasteiger partial charge >= 0.3 is 0 Å². The third-order valence-corrected chi connectivity index (χ3v) is 11.0. The lowest BCUT2D eigenvalue weighted by atomic mass is 9.89. The minimum atomic E-state index is 0.686. The van der Waals surface area contributed by atoms with Crippen molar-refractivity contribution in [2.45, 2.75) is 0 Å². The Labute approximate surface area is 324 Å². The minimum Gasteiger partial charge on any atom is -0.247 e. The molecule has 0 aliphatic carbocycles. The number of pyridine rings is 1. The van der Waals surface area contributed by atoms with Gasteiger partial charge in [0.1, 0.15) is 0 Å². The number of fused-ring (bicyclic) bond motifs is 7. The van der Waals surface area contributed by atoms with Crippen LogP contribution in [0.3, 0.4) is 0 Å². The third kappa shape index (κ3) is 5.25. The van der Waals surface area contributed by atoms with E-state index in [1.807, 2.05) is 6.07 Å². The van der Waals surface area contributed by atoms with Crippen molar-refractivity contribution in [2.75, 3.05) is 0 Å². The van der Waals surface area contributed by atoms with Gasteiger partial charge in [-0.3, -0.25) is 0 Å². The molecule has 0 fully saturated rings. The normalized spacial score (nSPS) is 11.6. The van der Waals surface area contributed by atoms with Gasteiger partial charge in [-0.2, -0.15) is 0 Å². The van der Waals surface area contributed by atoms with Gasteiger partial charge in [-0.05, 0) is 50.0 Å². The highest BCUT2D eigenvalue weighted by atomic mass is 14.9. The van der Waals surface area contributed by atoms with Crippen molar-refractivity contribution in [2.24, 2.45) is 0 Å². The van der Waals surface area contributed by atoms with Crippen LogP contribution in [-0.4, -0.2) is 15.0 Å². The summed E-state index contributed by atoms with van der Waals surface area (Å²) in [6.07, 6.45) is 0. The highest BCUT2D eigenvalue weighted by molar-refractivity contribution is 6.22. The van der Waals surface area contributed by atoms with Crippen molar-refractivity contribution in [1.29, 1.82) is 0 Å². The predicted molar refractivity (Wildman–Crippen MR) is 235 cm³/mol. The van der Waals surface area contributed by atoms with Crippen molar-refractivity contribution in [3.63, 3.8) is 0 Å². The molecule has 0 atom stereocenters. The first-order chi connectivity index (χ1) is 27.8. The van der Waals surface area contributed by atoms with Crippen molar-refractivity contribution in [1.82, 2.24) is 15.0 Å². The first-order valence-corrected chi connectivity index (χ1v) is 19.0. The van der Waals surface area contributed by atoms with Crippen LogP contribution in [0.5, 0.6) is 0 Å². The number of benzene rings is 9. The molecule has 56 heavy (non-hydrogen) atoms. The van der Waals surface area contributed by atoms with Gasteiger partial charge in [-0.15, -0.1) is 0 Å². The largest absolute Gasteiger partial charge is 0.247 e. The van der Waals surface area contributed by atoms with Crippen LogP contribution < -0.4 is 0 Å². The number of hydrogen-bond donors (Lipinski definition) is 0. The van der Waals surface area contributed by atoms with Crippen LogP contribution in [0, 0.1) is 0 Å². The van der Waals surface area contributed by atoms with E-state index >= 15 is 0 Å². The van der Waals surface area contributed by atoms with E-state index in [1.165, 1.54) is 16.2 Å². The molecule has 0 unspecified atom stereocenters. The van der Waals surface area contributed by atoms with Crippen LogP contribution in [0.15, 0.2) is 200 Å². The molecule has 0 radical (unpaired) electrons. The van der Waals surface area contributed by atoms with Crippen molar-refractivity contribution in [3.8, 4) is 56.3 Å². The average Bonchev–Trinajstić information content (AvgIpc) is 3.28. The van der Waals surface area contributed by atoms with E-state index in [4.69, 9.17) is 15.0 Å². The average molecular weight is 712 g/mol. The zero-order chi connectivity index (χ0) is 37.0. The molecule has 11 aromatic rings. The third-order valence-electron chi connectivity index (χ3n) is 11.0. The summed E-state index contributed by atoms with van der Waals surface area (Å²) in [5.41, 5.74) is 9.83. The van der Waals surface area contributed by atoms with Gasteiger partial charge in [-0.1, -0.05) is 188 Å². The molecule has 11 rings (SSSR count). The SMILES string of the molecule is c1ccc(-c2nc(-c3cccc4ccccc34)c(-c3cccc(-c4nc5ccccc5c5c4ccc4ccccc45)c3)c(-c3cccc4ccccc34)n2)cc1. The highest BCUT2D eigenvalue weighted by Crippen LogP contribution is 2.45. The molecule has 0 saturated heterocycles. The van der Waals surface area contributed by atoms with Crippen LogP contribution in [0.4, 0.5) is 0 Å². The van der Waals surface area contributed by atoms with Gasteiger partial charge in [0.05, 0.1) is 22.6 Å². The molecule has 0 aliphatic rings. The van der Waals surface area contributed by atoms with Gasteiger partial charge in [-0.25, -0.2) is 15.0 Å². The predicted octanol–water partition coefficient (Wildman–Crippen LogP) is 14.0. The second-order valence-electron chi connectivity index (χ2n) is 14.3. The zero-order valence-corrected chi connectivity index (χ0v) is 30.4. The molecule has 3 nitrogen and oxygen atoms in total. The molecule has 0 N–H and O–H groups in total. The standard InChI is InChI=1S/C53H33N3/c1-2-18-37(19-3-1)53-55-51(43-28-13-20-34-15-4-7-24-40(34)43)48(52(56-53)44-29-14-21-35-16-5-8-25-41(35)44)38-22-12-23-39(33-38)50-46-32-31-36-17-6-9-26-42(36)49(46)45-27-10-11-30-47(45)54-50/h1-33H. The molecule has 2 aromatic heterocycles. The topological polar surface area (TPSA) is 38.7 Å². The molecule has 0 saturated carbocycles. The molecule has 0 bridgehead atoms. The quantitative estimate of drug-likeness (QED) is 0.167. The zero-order valence-electron chi connectivity index (χ0n) is 30.4. The summed E-state index contributed by atoms with van der Waals surface area (Å²) in [6, 6.07) is 70.9. The van der Waals surface area contributed by atoms with Gasteiger partial charge in [0, 0.05) is 44.0 Å². The molecule has 0 aliphatic heterocycles. The second kappa shape index (κ2) is 13.1. The van der Waals surface area contributed by atoms with E-state index in [-0.39, 0.29) is 0 Å². The van der Waals surface area contributed by atoms with E-state index in [9.17, 15) is 0 Å². The van der Waals surface area contributed by atoms with Crippen molar-refractivity contribution < 1.29 is 0 Å². The first kappa shape index (κ1) is 32.0. The number of hydrogen-bond acceptors (Lipinski definition) is 3. The van der Waals surface area contributed by atoms with Crippen LogP contribution in [0.25, 0.3) is 110 Å². The van der Waals surface area contributed by atoms with Crippen molar-refractivity contribution in [3.05, 3.63) is 200 Å². The summed E-state index contributed by atoms with van der Waals surface area (Å²) in [5.74, 6) is 0.686. The van der Waals surface area contributed by atoms with Gasteiger partial charge in [0.15, 0.2) is 5.82 Å². The van der Waals surface area contributed by atoms with Crippen LogP contribution in [0.1, 0.15) is 0 Å². The minimum absolute atomic E-state index is 0.686. The van der Waals surface area contributed by atoms with E-state index in [2.05, 4.69) is 194 Å². The first-order valence-electron chi connectivity index (χ1n) is 19.0. The Balaban J connectivity index is 1.25. The molecule has 0 amide bonds. The van der Waals surface area contributed by atoms with E-state index in [0.29, 0.717) is 5.82 Å². The van der Waals surface area contributed by atoms with Crippen LogP contribution in [-0.2, 0) is 0 Å². The Bertz CT molecular complexity index is 3190. The number of rotatable bonds is 5. The van der Waals surface area contributed by atoms with E-state index in [0.717, 1.165) is 88.3 Å². The molecular weight excluding hydrogens is 679 g/mol. The Morgan fingerprint density at radius 3 is 1.46 bits per heavy atom. The monoisotopic (exact) mass is 711 g/mol. The lowest BCUT2D eigenvalue weighted by Crippen LogP contribution is -2.02. The summed E-state index contributed by atoms with van der Waals surface area (Å²) >= 11 is 0. The molecule has 0 spiro atoms. The van der Waals surface area contributed by atoms with E-state index in [1.54, 1.807) is 0 Å². The summed E-state index contributed by atoms with van der Waals surface area (Å²) in [7, 11) is 0. The Hall–Kier alpha value is -7.49. The van der Waals surface area contributed by atoms with Gasteiger partial charge in [0.2, 0.25) is 0 Å².